The van der Waals surface area contributed by atoms with Crippen LogP contribution in [-0.2, 0) is 11.3 Å². The van der Waals surface area contributed by atoms with Crippen LogP contribution in [0.25, 0.3) is 0 Å². The standard InChI is InChI=1S/C15H24N2O2S/c1-4-19-11-5-10-16-15(18)17(2)12-13-6-8-14(20-3)9-7-13/h6-9H,4-5,10-12H2,1-3H3,(H,16,18). The topological polar surface area (TPSA) is 41.6 Å². The van der Waals surface area contributed by atoms with Crippen molar-refractivity contribution < 1.29 is 9.53 Å². The third kappa shape index (κ3) is 6.30. The Labute approximate surface area is 125 Å². The van der Waals surface area contributed by atoms with Gasteiger partial charge >= 0.3 is 6.03 Å². The molecule has 0 unspecified atom stereocenters. The minimum Gasteiger partial charge on any atom is -0.382 e. The average Bonchev–Trinajstić information content (AvgIpc) is 2.47. The van der Waals surface area contributed by atoms with Crippen LogP contribution in [0.5, 0.6) is 0 Å². The van der Waals surface area contributed by atoms with E-state index >= 15 is 0 Å². The largest absolute Gasteiger partial charge is 0.382 e. The first-order valence-electron chi connectivity index (χ1n) is 6.87. The maximum Gasteiger partial charge on any atom is 0.317 e. The Morgan fingerprint density at radius 1 is 1.35 bits per heavy atom. The van der Waals surface area contributed by atoms with Crippen molar-refractivity contribution in [1.29, 1.82) is 0 Å². The van der Waals surface area contributed by atoms with E-state index in [-0.39, 0.29) is 6.03 Å². The number of benzene rings is 1. The lowest BCUT2D eigenvalue weighted by atomic mass is 10.2. The highest BCUT2D eigenvalue weighted by Gasteiger charge is 2.08. The van der Waals surface area contributed by atoms with Gasteiger partial charge in [-0.05, 0) is 37.3 Å². The van der Waals surface area contributed by atoms with Crippen LogP contribution in [0.15, 0.2) is 29.2 Å². The molecule has 1 N–H and O–H groups in total. The van der Waals surface area contributed by atoms with Gasteiger partial charge in [-0.15, -0.1) is 11.8 Å². The van der Waals surface area contributed by atoms with Gasteiger partial charge in [0.1, 0.15) is 0 Å². The molecule has 2 amide bonds. The smallest absolute Gasteiger partial charge is 0.317 e. The molecular weight excluding hydrogens is 272 g/mol. The van der Waals surface area contributed by atoms with Gasteiger partial charge in [0.15, 0.2) is 0 Å². The summed E-state index contributed by atoms with van der Waals surface area (Å²) in [7, 11) is 1.81. The normalized spacial score (nSPS) is 10.3. The summed E-state index contributed by atoms with van der Waals surface area (Å²) in [6.07, 6.45) is 2.90. The van der Waals surface area contributed by atoms with E-state index in [1.807, 2.05) is 6.92 Å². The van der Waals surface area contributed by atoms with Crippen LogP contribution >= 0.6 is 11.8 Å². The third-order valence-corrected chi connectivity index (χ3v) is 3.61. The molecule has 1 aromatic rings. The Bertz CT molecular complexity index is 395. The molecule has 0 radical (unpaired) electrons. The molecule has 0 saturated carbocycles. The molecule has 0 bridgehead atoms. The van der Waals surface area contributed by atoms with Gasteiger partial charge in [-0.1, -0.05) is 12.1 Å². The predicted molar refractivity (Wildman–Crippen MR) is 84.2 cm³/mol. The lowest BCUT2D eigenvalue weighted by Crippen LogP contribution is -2.37. The summed E-state index contributed by atoms with van der Waals surface area (Å²) >= 11 is 1.72. The van der Waals surface area contributed by atoms with Crippen molar-refractivity contribution >= 4 is 17.8 Å². The van der Waals surface area contributed by atoms with E-state index in [0.717, 1.165) is 18.6 Å². The second kappa shape index (κ2) is 9.66. The van der Waals surface area contributed by atoms with Gasteiger partial charge in [-0.3, -0.25) is 0 Å². The zero-order valence-corrected chi connectivity index (χ0v) is 13.3. The van der Waals surface area contributed by atoms with E-state index in [0.29, 0.717) is 19.7 Å². The minimum atomic E-state index is -0.0459. The number of nitrogens with one attached hydrogen (secondary N) is 1. The molecule has 1 rings (SSSR count). The fourth-order valence-corrected chi connectivity index (χ4v) is 2.13. The SMILES string of the molecule is CCOCCCNC(=O)N(C)Cc1ccc(SC)cc1. The Morgan fingerprint density at radius 3 is 2.65 bits per heavy atom. The molecule has 5 heteroatoms. The number of carbonyl (C=O) groups is 1. The van der Waals surface area contributed by atoms with E-state index in [1.54, 1.807) is 23.7 Å². The van der Waals surface area contributed by atoms with Crippen molar-refractivity contribution in [3.63, 3.8) is 0 Å². The number of ether oxygens (including phenoxy) is 1. The van der Waals surface area contributed by atoms with Crippen molar-refractivity contribution in [2.45, 2.75) is 24.8 Å². The number of hydrogen-bond acceptors (Lipinski definition) is 3. The van der Waals surface area contributed by atoms with Crippen LogP contribution < -0.4 is 5.32 Å². The van der Waals surface area contributed by atoms with Gasteiger partial charge in [-0.25, -0.2) is 4.79 Å². The molecule has 0 aliphatic carbocycles. The number of thioether (sulfide) groups is 1. The fourth-order valence-electron chi connectivity index (χ4n) is 1.73. The molecule has 0 heterocycles. The number of hydrogen-bond donors (Lipinski definition) is 1. The zero-order valence-electron chi connectivity index (χ0n) is 12.5. The summed E-state index contributed by atoms with van der Waals surface area (Å²) in [6.45, 7) is 4.64. The monoisotopic (exact) mass is 296 g/mol. The lowest BCUT2D eigenvalue weighted by molar-refractivity contribution is 0.144. The third-order valence-electron chi connectivity index (χ3n) is 2.87. The average molecular weight is 296 g/mol. The van der Waals surface area contributed by atoms with E-state index in [2.05, 4.69) is 35.8 Å². The summed E-state index contributed by atoms with van der Waals surface area (Å²) in [4.78, 5) is 14.8. The molecule has 0 aromatic heterocycles. The van der Waals surface area contributed by atoms with Crippen molar-refractivity contribution in [3.05, 3.63) is 29.8 Å². The van der Waals surface area contributed by atoms with Crippen molar-refractivity contribution in [2.75, 3.05) is 33.1 Å². The Morgan fingerprint density at radius 2 is 2.05 bits per heavy atom. The summed E-state index contributed by atoms with van der Waals surface area (Å²) in [5.74, 6) is 0. The molecule has 0 aliphatic heterocycles. The minimum absolute atomic E-state index is 0.0459. The number of urea groups is 1. The summed E-state index contributed by atoms with van der Waals surface area (Å²) < 4.78 is 5.23. The van der Waals surface area contributed by atoms with Gasteiger partial charge in [-0.2, -0.15) is 0 Å². The first kappa shape index (κ1) is 16.9. The van der Waals surface area contributed by atoms with Gasteiger partial charge in [0.05, 0.1) is 0 Å². The van der Waals surface area contributed by atoms with Gasteiger partial charge in [0, 0.05) is 38.2 Å². The van der Waals surface area contributed by atoms with E-state index in [1.165, 1.54) is 4.90 Å². The van der Waals surface area contributed by atoms with Gasteiger partial charge in [0.25, 0.3) is 0 Å². The van der Waals surface area contributed by atoms with Crippen LogP contribution in [0, 0.1) is 0 Å². The molecule has 1 aromatic carbocycles. The number of rotatable bonds is 8. The van der Waals surface area contributed by atoms with E-state index < -0.39 is 0 Å². The number of carbonyl (C=O) groups excluding carboxylic acids is 1. The van der Waals surface area contributed by atoms with Crippen molar-refractivity contribution in [2.24, 2.45) is 0 Å². The van der Waals surface area contributed by atoms with Crippen LogP contribution in [0.3, 0.4) is 0 Å². The van der Waals surface area contributed by atoms with Crippen LogP contribution in [-0.4, -0.2) is 44.0 Å². The maximum absolute atomic E-state index is 11.9. The fraction of sp³-hybridized carbons (Fsp3) is 0.533. The highest BCUT2D eigenvalue weighted by Crippen LogP contribution is 2.15. The lowest BCUT2D eigenvalue weighted by Gasteiger charge is -2.18. The molecule has 0 fully saturated rings. The second-order valence-electron chi connectivity index (χ2n) is 4.49. The summed E-state index contributed by atoms with van der Waals surface area (Å²) in [6, 6.07) is 8.23. The van der Waals surface area contributed by atoms with E-state index in [9.17, 15) is 4.79 Å². The predicted octanol–water partition coefficient (Wildman–Crippen LogP) is 2.98. The molecule has 112 valence electrons. The Kier molecular flexibility index (Phi) is 8.14. The molecule has 4 nitrogen and oxygen atoms in total. The molecular formula is C15H24N2O2S. The quantitative estimate of drug-likeness (QED) is 0.592. The summed E-state index contributed by atoms with van der Waals surface area (Å²) in [5, 5.41) is 2.89. The number of amides is 2. The molecule has 0 spiro atoms. The highest BCUT2D eigenvalue weighted by atomic mass is 32.2. The second-order valence-corrected chi connectivity index (χ2v) is 5.37. The highest BCUT2D eigenvalue weighted by molar-refractivity contribution is 7.98. The summed E-state index contributed by atoms with van der Waals surface area (Å²) in [5.41, 5.74) is 1.13. The Hall–Kier alpha value is -1.20. The molecule has 0 saturated heterocycles. The van der Waals surface area contributed by atoms with Crippen LogP contribution in [0.2, 0.25) is 0 Å². The zero-order chi connectivity index (χ0) is 14.8. The maximum atomic E-state index is 11.9. The van der Waals surface area contributed by atoms with Crippen molar-refractivity contribution in [3.8, 4) is 0 Å². The van der Waals surface area contributed by atoms with Crippen LogP contribution in [0.1, 0.15) is 18.9 Å². The molecule has 0 aliphatic rings. The van der Waals surface area contributed by atoms with Crippen LogP contribution in [0.4, 0.5) is 4.79 Å². The van der Waals surface area contributed by atoms with E-state index in [4.69, 9.17) is 4.74 Å². The number of nitrogens with zero attached hydrogens (tertiary/aromatic N) is 1. The van der Waals surface area contributed by atoms with Gasteiger partial charge < -0.3 is 15.0 Å². The van der Waals surface area contributed by atoms with Gasteiger partial charge in [0.2, 0.25) is 0 Å². The first-order valence-corrected chi connectivity index (χ1v) is 8.09. The van der Waals surface area contributed by atoms with Crippen molar-refractivity contribution in [1.82, 2.24) is 10.2 Å². The Balaban J connectivity index is 2.29. The molecule has 20 heavy (non-hydrogen) atoms. The molecule has 0 atom stereocenters. The first-order chi connectivity index (χ1) is 9.67.